The number of furan rings is 1. The van der Waals surface area contributed by atoms with Gasteiger partial charge in [-0.2, -0.15) is 0 Å². The molecule has 60 heavy (non-hydrogen) atoms. The Morgan fingerprint density at radius 3 is 1.73 bits per heavy atom. The molecule has 0 N–H and O–H groups in total. The van der Waals surface area contributed by atoms with E-state index in [2.05, 4.69) is 206 Å². The smallest absolute Gasteiger partial charge is 0.136 e. The van der Waals surface area contributed by atoms with Crippen molar-refractivity contribution in [3.63, 3.8) is 0 Å². The molecule has 0 aliphatic rings. The lowest BCUT2D eigenvalue weighted by Gasteiger charge is -2.19. The summed E-state index contributed by atoms with van der Waals surface area (Å²) in [7, 11) is 0. The summed E-state index contributed by atoms with van der Waals surface area (Å²) in [6, 6.07) is 75.9. The molecule has 0 atom stereocenters. The normalized spacial score (nSPS) is 12.0. The fourth-order valence-electron chi connectivity index (χ4n) is 9.89. The lowest BCUT2D eigenvalue weighted by atomic mass is 9.84. The summed E-state index contributed by atoms with van der Waals surface area (Å²) in [5.74, 6) is 0. The van der Waals surface area contributed by atoms with Crippen molar-refractivity contribution in [2.75, 3.05) is 0 Å². The van der Waals surface area contributed by atoms with Crippen LogP contribution in [0.3, 0.4) is 0 Å². The molecule has 2 heteroatoms. The van der Waals surface area contributed by atoms with E-state index in [9.17, 15) is 0 Å². The number of benzene rings is 11. The van der Waals surface area contributed by atoms with Crippen LogP contribution in [0.1, 0.15) is 0 Å². The summed E-state index contributed by atoms with van der Waals surface area (Å²) in [5, 5.41) is 14.8. The van der Waals surface area contributed by atoms with Gasteiger partial charge in [-0.1, -0.05) is 158 Å². The zero-order valence-electron chi connectivity index (χ0n) is 32.4. The third-order valence-electron chi connectivity index (χ3n) is 12.6. The Labute approximate surface area is 350 Å². The van der Waals surface area contributed by atoms with E-state index in [-0.39, 0.29) is 0 Å². The standard InChI is InChI=1S/C58H34OS/c1-2-11-35(12-3-1)37-21-22-39-32-41(24-23-38(39)31-37)55-45-16-6-7-17-46(45)56(49-33-40(25-27-47(49)55)44-19-10-14-36-13-4-5-15-43(36)44)42-26-28-51-50(34-42)57-52(59-51)29-30-54-58(57)48-18-8-9-20-53(48)60-54/h1-34H. The first-order valence-corrected chi connectivity index (χ1v) is 21.4. The predicted molar refractivity (Wildman–Crippen MR) is 258 cm³/mol. The molecule has 0 radical (unpaired) electrons. The molecule has 2 heterocycles. The molecule has 13 rings (SSSR count). The SMILES string of the molecule is c1ccc(-c2ccc3cc(-c4c5ccccc5c(-c5ccc6oc7ccc8sc9ccccc9c8c7c6c5)c5cc(-c6cccc7ccccc67)ccc45)ccc3c2)cc1. The van der Waals surface area contributed by atoms with Crippen molar-refractivity contribution < 1.29 is 4.42 Å². The molecule has 0 fully saturated rings. The predicted octanol–water partition coefficient (Wildman–Crippen LogP) is 17.2. The van der Waals surface area contributed by atoms with Gasteiger partial charge in [0.05, 0.1) is 0 Å². The molecule has 0 bridgehead atoms. The van der Waals surface area contributed by atoms with E-state index < -0.39 is 0 Å². The Bertz CT molecular complexity index is 3880. The minimum absolute atomic E-state index is 0.907. The van der Waals surface area contributed by atoms with Crippen molar-refractivity contribution in [1.29, 1.82) is 0 Å². The Morgan fingerprint density at radius 2 is 0.883 bits per heavy atom. The summed E-state index contributed by atoms with van der Waals surface area (Å²) in [6.07, 6.45) is 0. The van der Waals surface area contributed by atoms with Gasteiger partial charge in [0.25, 0.3) is 0 Å². The van der Waals surface area contributed by atoms with E-state index in [1.165, 1.54) is 113 Å². The molecule has 0 aliphatic carbocycles. The molecule has 13 aromatic rings. The highest BCUT2D eigenvalue weighted by atomic mass is 32.1. The van der Waals surface area contributed by atoms with E-state index in [4.69, 9.17) is 4.42 Å². The van der Waals surface area contributed by atoms with E-state index in [0.29, 0.717) is 0 Å². The lowest BCUT2D eigenvalue weighted by Crippen LogP contribution is -1.92. The van der Waals surface area contributed by atoms with Gasteiger partial charge in [-0.05, 0) is 136 Å². The van der Waals surface area contributed by atoms with Gasteiger partial charge in [0.2, 0.25) is 0 Å². The fourth-order valence-corrected chi connectivity index (χ4v) is 11.0. The molecular weight excluding hydrogens is 745 g/mol. The van der Waals surface area contributed by atoms with Gasteiger partial charge in [0.1, 0.15) is 11.2 Å². The second-order valence-corrected chi connectivity index (χ2v) is 17.0. The quantitative estimate of drug-likeness (QED) is 0.162. The zero-order valence-corrected chi connectivity index (χ0v) is 33.3. The molecule has 11 aromatic carbocycles. The van der Waals surface area contributed by atoms with Crippen molar-refractivity contribution in [2.45, 2.75) is 0 Å². The number of hydrogen-bond acceptors (Lipinski definition) is 2. The Hall–Kier alpha value is -7.52. The minimum atomic E-state index is 0.907. The van der Waals surface area contributed by atoms with Crippen molar-refractivity contribution in [2.24, 2.45) is 0 Å². The third-order valence-corrected chi connectivity index (χ3v) is 13.8. The average Bonchev–Trinajstić information content (AvgIpc) is 3.88. The largest absolute Gasteiger partial charge is 0.456 e. The van der Waals surface area contributed by atoms with Crippen LogP contribution in [0.25, 0.3) is 130 Å². The summed E-state index contributed by atoms with van der Waals surface area (Å²) in [6.45, 7) is 0. The van der Waals surface area contributed by atoms with Crippen LogP contribution < -0.4 is 0 Å². The third kappa shape index (κ3) is 5.05. The molecule has 1 nitrogen and oxygen atoms in total. The van der Waals surface area contributed by atoms with Crippen LogP contribution >= 0.6 is 11.3 Å². The van der Waals surface area contributed by atoms with E-state index in [1.54, 1.807) is 0 Å². The van der Waals surface area contributed by atoms with Crippen molar-refractivity contribution in [1.82, 2.24) is 0 Å². The van der Waals surface area contributed by atoms with Gasteiger partial charge < -0.3 is 4.42 Å². The van der Waals surface area contributed by atoms with E-state index in [0.717, 1.165) is 16.6 Å². The summed E-state index contributed by atoms with van der Waals surface area (Å²) in [4.78, 5) is 0. The molecule has 0 amide bonds. The van der Waals surface area contributed by atoms with Gasteiger partial charge in [0.15, 0.2) is 0 Å². The van der Waals surface area contributed by atoms with Gasteiger partial charge in [0, 0.05) is 30.9 Å². The summed E-state index contributed by atoms with van der Waals surface area (Å²) >= 11 is 1.85. The Balaban J connectivity index is 1.10. The lowest BCUT2D eigenvalue weighted by molar-refractivity contribution is 0.669. The van der Waals surface area contributed by atoms with Crippen LogP contribution in [0.4, 0.5) is 0 Å². The van der Waals surface area contributed by atoms with Crippen LogP contribution in [-0.2, 0) is 0 Å². The second-order valence-electron chi connectivity index (χ2n) is 15.9. The number of rotatable bonds is 4. The molecule has 0 spiro atoms. The average molecular weight is 779 g/mol. The van der Waals surface area contributed by atoms with Crippen LogP contribution in [0.15, 0.2) is 211 Å². The molecule has 0 unspecified atom stereocenters. The van der Waals surface area contributed by atoms with Crippen LogP contribution in [0, 0.1) is 0 Å². The molecule has 0 saturated carbocycles. The second kappa shape index (κ2) is 13.0. The van der Waals surface area contributed by atoms with Crippen molar-refractivity contribution in [3.8, 4) is 44.5 Å². The highest BCUT2D eigenvalue weighted by Crippen LogP contribution is 2.48. The zero-order chi connectivity index (χ0) is 39.3. The van der Waals surface area contributed by atoms with E-state index in [1.807, 2.05) is 11.3 Å². The van der Waals surface area contributed by atoms with Gasteiger partial charge in [-0.3, -0.25) is 0 Å². The first kappa shape index (κ1) is 33.5. The van der Waals surface area contributed by atoms with Crippen LogP contribution in [0.5, 0.6) is 0 Å². The minimum Gasteiger partial charge on any atom is -0.456 e. The highest BCUT2D eigenvalue weighted by Gasteiger charge is 2.21. The molecule has 0 aliphatic heterocycles. The van der Waals surface area contributed by atoms with Gasteiger partial charge in [-0.25, -0.2) is 0 Å². The number of fused-ring (bicyclic) bond motifs is 11. The van der Waals surface area contributed by atoms with Gasteiger partial charge in [-0.15, -0.1) is 11.3 Å². The first-order valence-electron chi connectivity index (χ1n) is 20.6. The fraction of sp³-hybridized carbons (Fsp3) is 0. The van der Waals surface area contributed by atoms with Crippen LogP contribution in [-0.4, -0.2) is 0 Å². The molecule has 2 aromatic heterocycles. The Kier molecular flexibility index (Phi) is 7.24. The van der Waals surface area contributed by atoms with Crippen LogP contribution in [0.2, 0.25) is 0 Å². The summed E-state index contributed by atoms with van der Waals surface area (Å²) < 4.78 is 9.19. The summed E-state index contributed by atoms with van der Waals surface area (Å²) in [5.41, 5.74) is 11.6. The number of thiophene rings is 1. The molecule has 278 valence electrons. The van der Waals surface area contributed by atoms with E-state index >= 15 is 0 Å². The maximum Gasteiger partial charge on any atom is 0.136 e. The molecular formula is C58H34OS. The van der Waals surface area contributed by atoms with Gasteiger partial charge >= 0.3 is 0 Å². The highest BCUT2D eigenvalue weighted by molar-refractivity contribution is 7.26. The monoisotopic (exact) mass is 778 g/mol. The first-order chi connectivity index (χ1) is 29.7. The maximum absolute atomic E-state index is 6.61. The Morgan fingerprint density at radius 1 is 0.283 bits per heavy atom. The number of hydrogen-bond donors (Lipinski definition) is 0. The van der Waals surface area contributed by atoms with Crippen molar-refractivity contribution in [3.05, 3.63) is 206 Å². The maximum atomic E-state index is 6.61. The van der Waals surface area contributed by atoms with Crippen molar-refractivity contribution >= 4 is 96.5 Å². The topological polar surface area (TPSA) is 13.1 Å². The molecule has 0 saturated heterocycles.